The second-order valence-corrected chi connectivity index (χ2v) is 7.77. The first-order chi connectivity index (χ1) is 13.9. The van der Waals surface area contributed by atoms with Gasteiger partial charge in [-0.15, -0.1) is 0 Å². The van der Waals surface area contributed by atoms with Crippen molar-refractivity contribution in [3.05, 3.63) is 52.1 Å². The number of amides is 2. The number of benzene rings is 1. The monoisotopic (exact) mass is 412 g/mol. The van der Waals surface area contributed by atoms with Gasteiger partial charge in [0.25, 0.3) is 17.6 Å². The number of ketones is 1. The van der Waals surface area contributed by atoms with Gasteiger partial charge in [-0.2, -0.15) is 5.26 Å². The van der Waals surface area contributed by atoms with Crippen LogP contribution in [0.15, 0.2) is 18.2 Å². The minimum atomic E-state index is -0.741. The molecule has 1 aromatic heterocycles. The van der Waals surface area contributed by atoms with E-state index < -0.39 is 29.0 Å². The summed E-state index contributed by atoms with van der Waals surface area (Å²) in [7, 11) is 1.61. The number of nitrogens with one attached hydrogen (secondary N) is 2. The van der Waals surface area contributed by atoms with Crippen molar-refractivity contribution in [2.24, 2.45) is 7.05 Å². The van der Waals surface area contributed by atoms with E-state index in [4.69, 9.17) is 5.26 Å². The van der Waals surface area contributed by atoms with Crippen molar-refractivity contribution in [3.63, 3.8) is 0 Å². The standard InChI is InChI=1S/C22H25FN4O3/c1-7-22(4,5)26-21(30)19(28)18-12(2)17(13(3)27(18)6)20(29)25-15-8-9-16(23)14(10-15)11-24/h8-10H,7H2,1-6H3,(H,25,29)(H,26,30). The lowest BCUT2D eigenvalue weighted by molar-refractivity contribution is -0.118. The smallest absolute Gasteiger partial charge is 0.294 e. The SMILES string of the molecule is CCC(C)(C)NC(=O)C(=O)c1c(C)c(C(=O)Nc2ccc(F)c(C#N)c2)c(C)n1C. The number of hydrogen-bond donors (Lipinski definition) is 2. The number of rotatable bonds is 6. The van der Waals surface area contributed by atoms with Crippen LogP contribution in [-0.4, -0.2) is 27.7 Å². The summed E-state index contributed by atoms with van der Waals surface area (Å²) in [4.78, 5) is 38.1. The first kappa shape index (κ1) is 22.8. The van der Waals surface area contributed by atoms with E-state index in [0.717, 1.165) is 6.07 Å². The van der Waals surface area contributed by atoms with Crippen LogP contribution in [0.25, 0.3) is 0 Å². The molecule has 1 heterocycles. The molecule has 158 valence electrons. The molecular weight excluding hydrogens is 387 g/mol. The van der Waals surface area contributed by atoms with Crippen LogP contribution >= 0.6 is 0 Å². The molecule has 0 aliphatic rings. The van der Waals surface area contributed by atoms with Gasteiger partial charge in [0.2, 0.25) is 0 Å². The van der Waals surface area contributed by atoms with Gasteiger partial charge in [-0.05, 0) is 57.9 Å². The largest absolute Gasteiger partial charge is 0.344 e. The molecule has 0 atom stereocenters. The average Bonchev–Trinajstić information content (AvgIpc) is 2.91. The van der Waals surface area contributed by atoms with E-state index in [2.05, 4.69) is 10.6 Å². The van der Waals surface area contributed by atoms with E-state index >= 15 is 0 Å². The van der Waals surface area contributed by atoms with Crippen LogP contribution < -0.4 is 10.6 Å². The molecule has 2 aromatic rings. The van der Waals surface area contributed by atoms with Crippen molar-refractivity contribution < 1.29 is 18.8 Å². The molecule has 0 saturated carbocycles. The molecule has 2 N–H and O–H groups in total. The Morgan fingerprint density at radius 3 is 2.43 bits per heavy atom. The van der Waals surface area contributed by atoms with Gasteiger partial charge in [0.1, 0.15) is 11.9 Å². The summed E-state index contributed by atoms with van der Waals surface area (Å²) < 4.78 is 15.0. The van der Waals surface area contributed by atoms with E-state index in [0.29, 0.717) is 17.7 Å². The van der Waals surface area contributed by atoms with Crippen molar-refractivity contribution >= 4 is 23.3 Å². The Morgan fingerprint density at radius 2 is 1.87 bits per heavy atom. The Balaban J connectivity index is 2.38. The third-order valence-corrected chi connectivity index (χ3v) is 5.26. The summed E-state index contributed by atoms with van der Waals surface area (Å²) in [5.41, 5.74) is 0.742. The van der Waals surface area contributed by atoms with Crippen molar-refractivity contribution in [2.75, 3.05) is 5.32 Å². The van der Waals surface area contributed by atoms with Gasteiger partial charge in [-0.25, -0.2) is 4.39 Å². The highest BCUT2D eigenvalue weighted by atomic mass is 19.1. The van der Waals surface area contributed by atoms with Crippen LogP contribution in [0.4, 0.5) is 10.1 Å². The number of hydrogen-bond acceptors (Lipinski definition) is 4. The van der Waals surface area contributed by atoms with Crippen molar-refractivity contribution in [1.82, 2.24) is 9.88 Å². The maximum Gasteiger partial charge on any atom is 0.294 e. The molecule has 1 aromatic carbocycles. The average molecular weight is 412 g/mol. The molecule has 0 unspecified atom stereocenters. The number of Topliss-reactive ketones (excluding diaryl/α,β-unsaturated/α-hetero) is 1. The van der Waals surface area contributed by atoms with Crippen molar-refractivity contribution in [2.45, 2.75) is 46.6 Å². The highest BCUT2D eigenvalue weighted by Gasteiger charge is 2.30. The van der Waals surface area contributed by atoms with Crippen molar-refractivity contribution in [3.8, 4) is 6.07 Å². The Labute approximate surface area is 174 Å². The third-order valence-electron chi connectivity index (χ3n) is 5.26. The predicted molar refractivity (Wildman–Crippen MR) is 111 cm³/mol. The van der Waals surface area contributed by atoms with Crippen LogP contribution in [0.2, 0.25) is 0 Å². The topological polar surface area (TPSA) is 104 Å². The highest BCUT2D eigenvalue weighted by Crippen LogP contribution is 2.24. The van der Waals surface area contributed by atoms with E-state index in [-0.39, 0.29) is 22.5 Å². The second kappa shape index (κ2) is 8.49. The first-order valence-corrected chi connectivity index (χ1v) is 9.47. The molecule has 30 heavy (non-hydrogen) atoms. The fraction of sp³-hybridized carbons (Fsp3) is 0.364. The molecule has 0 bridgehead atoms. The summed E-state index contributed by atoms with van der Waals surface area (Å²) >= 11 is 0. The zero-order chi connectivity index (χ0) is 22.8. The van der Waals surface area contributed by atoms with Gasteiger partial charge in [-0.1, -0.05) is 6.92 Å². The molecule has 0 radical (unpaired) electrons. The highest BCUT2D eigenvalue weighted by molar-refractivity contribution is 6.43. The van der Waals surface area contributed by atoms with Crippen LogP contribution in [0.3, 0.4) is 0 Å². The summed E-state index contributed by atoms with van der Waals surface area (Å²) in [6.07, 6.45) is 0.646. The zero-order valence-corrected chi connectivity index (χ0v) is 17.9. The van der Waals surface area contributed by atoms with Crippen molar-refractivity contribution in [1.29, 1.82) is 5.26 Å². The molecular formula is C22H25FN4O3. The van der Waals surface area contributed by atoms with Gasteiger partial charge in [0.15, 0.2) is 0 Å². The van der Waals surface area contributed by atoms with Gasteiger partial charge >= 0.3 is 0 Å². The summed E-state index contributed by atoms with van der Waals surface area (Å²) in [5.74, 6) is -2.68. The molecule has 2 rings (SSSR count). The van der Waals surface area contributed by atoms with Gasteiger partial charge in [0.05, 0.1) is 16.8 Å². The molecule has 0 fully saturated rings. The van der Waals surface area contributed by atoms with Crippen LogP contribution in [0.5, 0.6) is 0 Å². The maximum absolute atomic E-state index is 13.5. The number of anilines is 1. The van der Waals surface area contributed by atoms with Crippen LogP contribution in [0.1, 0.15) is 64.9 Å². The normalized spacial score (nSPS) is 11.0. The molecule has 7 nitrogen and oxygen atoms in total. The Bertz CT molecular complexity index is 1080. The van der Waals surface area contributed by atoms with Gasteiger partial charge in [0, 0.05) is 24.0 Å². The lowest BCUT2D eigenvalue weighted by Crippen LogP contribution is -2.46. The second-order valence-electron chi connectivity index (χ2n) is 7.77. The van der Waals surface area contributed by atoms with Crippen LogP contribution in [0, 0.1) is 31.0 Å². The van der Waals surface area contributed by atoms with E-state index in [1.807, 2.05) is 20.8 Å². The van der Waals surface area contributed by atoms with Crippen LogP contribution in [-0.2, 0) is 11.8 Å². The van der Waals surface area contributed by atoms with Gasteiger partial charge in [-0.3, -0.25) is 14.4 Å². The third kappa shape index (κ3) is 4.40. The zero-order valence-electron chi connectivity index (χ0n) is 17.9. The summed E-state index contributed by atoms with van der Waals surface area (Å²) in [6, 6.07) is 5.38. The molecule has 0 spiro atoms. The number of halogens is 1. The number of carbonyl (C=O) groups excluding carboxylic acids is 3. The lowest BCUT2D eigenvalue weighted by Gasteiger charge is -2.24. The Hall–Kier alpha value is -3.47. The molecule has 8 heteroatoms. The fourth-order valence-electron chi connectivity index (χ4n) is 3.08. The Morgan fingerprint density at radius 1 is 1.23 bits per heavy atom. The number of aromatic nitrogens is 1. The fourth-order valence-corrected chi connectivity index (χ4v) is 3.08. The van der Waals surface area contributed by atoms with E-state index in [1.54, 1.807) is 27.0 Å². The quantitative estimate of drug-likeness (QED) is 0.560. The minimum absolute atomic E-state index is 0.124. The van der Waals surface area contributed by atoms with E-state index in [1.165, 1.54) is 16.7 Å². The number of nitrogens with zero attached hydrogens (tertiary/aromatic N) is 2. The Kier molecular flexibility index (Phi) is 6.46. The number of carbonyl (C=O) groups is 3. The molecule has 0 aliphatic heterocycles. The maximum atomic E-state index is 13.5. The minimum Gasteiger partial charge on any atom is -0.344 e. The number of nitriles is 1. The van der Waals surface area contributed by atoms with E-state index in [9.17, 15) is 18.8 Å². The lowest BCUT2D eigenvalue weighted by atomic mass is 10.0. The molecule has 0 aliphatic carbocycles. The summed E-state index contributed by atoms with van der Waals surface area (Å²) in [6.45, 7) is 8.80. The van der Waals surface area contributed by atoms with Gasteiger partial charge < -0.3 is 15.2 Å². The molecule has 2 amide bonds. The molecule has 0 saturated heterocycles. The summed E-state index contributed by atoms with van der Waals surface area (Å²) in [5, 5.41) is 14.3. The predicted octanol–water partition coefficient (Wildman–Crippen LogP) is 3.39. The first-order valence-electron chi connectivity index (χ1n) is 9.47.